The molecular weight excluding hydrogens is 320 g/mol. The highest BCUT2D eigenvalue weighted by Gasteiger charge is 2.36. The minimum absolute atomic E-state index is 0.00825. The molecule has 1 saturated heterocycles. The van der Waals surface area contributed by atoms with Gasteiger partial charge in [0.25, 0.3) is 5.91 Å². The average molecular weight is 340 g/mol. The summed E-state index contributed by atoms with van der Waals surface area (Å²) in [6, 6.07) is 3.50. The molecule has 1 unspecified atom stereocenters. The van der Waals surface area contributed by atoms with Crippen molar-refractivity contribution in [2.75, 3.05) is 31.6 Å². The number of hydrogen-bond acceptors (Lipinski definition) is 6. The Morgan fingerprint density at radius 3 is 2.68 bits per heavy atom. The lowest BCUT2D eigenvalue weighted by atomic mass is 9.95. The zero-order chi connectivity index (χ0) is 17.4. The van der Waals surface area contributed by atoms with Crippen LogP contribution in [0.3, 0.4) is 0 Å². The molecule has 2 aliphatic heterocycles. The van der Waals surface area contributed by atoms with E-state index in [0.29, 0.717) is 43.6 Å². The van der Waals surface area contributed by atoms with Crippen LogP contribution in [0.25, 0.3) is 0 Å². The van der Waals surface area contributed by atoms with E-state index in [9.17, 15) is 4.79 Å². The van der Waals surface area contributed by atoms with Crippen LogP contribution in [0.15, 0.2) is 35.8 Å². The molecule has 0 saturated carbocycles. The zero-order valence-corrected chi connectivity index (χ0v) is 14.3. The zero-order valence-electron chi connectivity index (χ0n) is 14.3. The third-order valence-electron chi connectivity index (χ3n) is 4.51. The molecule has 0 radical (unpaired) electrons. The number of hydrogen-bond donors (Lipinski definition) is 1. The van der Waals surface area contributed by atoms with Crippen LogP contribution in [0.2, 0.25) is 0 Å². The van der Waals surface area contributed by atoms with E-state index in [1.807, 2.05) is 30.9 Å². The van der Waals surface area contributed by atoms with Gasteiger partial charge in [-0.1, -0.05) is 0 Å². The second-order valence-electron chi connectivity index (χ2n) is 6.18. The summed E-state index contributed by atoms with van der Waals surface area (Å²) < 4.78 is 7.16. The smallest absolute Gasteiger partial charge is 0.254 e. The van der Waals surface area contributed by atoms with Gasteiger partial charge >= 0.3 is 0 Å². The minimum atomic E-state index is -0.323. The Bertz CT molecular complexity index is 823. The van der Waals surface area contributed by atoms with Crippen molar-refractivity contribution < 1.29 is 9.53 Å². The van der Waals surface area contributed by atoms with Gasteiger partial charge in [0, 0.05) is 31.2 Å². The Hall–Kier alpha value is -2.74. The summed E-state index contributed by atoms with van der Waals surface area (Å²) >= 11 is 0. The molecule has 0 aromatic carbocycles. The van der Waals surface area contributed by atoms with Gasteiger partial charge in [0.15, 0.2) is 0 Å². The number of nitrogens with zero attached hydrogens (tertiary/aromatic N) is 5. The van der Waals surface area contributed by atoms with Crippen molar-refractivity contribution in [3.8, 4) is 0 Å². The van der Waals surface area contributed by atoms with E-state index in [-0.39, 0.29) is 11.9 Å². The lowest BCUT2D eigenvalue weighted by Crippen LogP contribution is -2.44. The monoisotopic (exact) mass is 340 g/mol. The quantitative estimate of drug-likeness (QED) is 0.882. The van der Waals surface area contributed by atoms with Crippen LogP contribution in [0.5, 0.6) is 0 Å². The van der Waals surface area contributed by atoms with E-state index in [4.69, 9.17) is 4.74 Å². The average Bonchev–Trinajstić information content (AvgIpc) is 3.01. The van der Waals surface area contributed by atoms with Gasteiger partial charge in [0.2, 0.25) is 5.95 Å². The van der Waals surface area contributed by atoms with Crippen molar-refractivity contribution >= 4 is 11.9 Å². The van der Waals surface area contributed by atoms with Crippen molar-refractivity contribution in [2.24, 2.45) is 0 Å². The summed E-state index contributed by atoms with van der Waals surface area (Å²) in [5.74, 6) is 1.32. The van der Waals surface area contributed by atoms with Crippen LogP contribution in [0, 0.1) is 6.92 Å². The van der Waals surface area contributed by atoms with Crippen molar-refractivity contribution in [1.29, 1.82) is 0 Å². The fourth-order valence-corrected chi connectivity index (χ4v) is 3.33. The molecule has 8 heteroatoms. The maximum atomic E-state index is 13.3. The first-order chi connectivity index (χ1) is 12.1. The number of morpholine rings is 1. The van der Waals surface area contributed by atoms with Gasteiger partial charge in [-0.2, -0.15) is 10.1 Å². The number of aromatic nitrogens is 4. The van der Waals surface area contributed by atoms with Crippen LogP contribution >= 0.6 is 0 Å². The highest BCUT2D eigenvalue weighted by atomic mass is 16.5. The molecule has 2 aromatic heterocycles. The van der Waals surface area contributed by atoms with Crippen LogP contribution in [0.4, 0.5) is 5.95 Å². The Morgan fingerprint density at radius 2 is 1.96 bits per heavy atom. The van der Waals surface area contributed by atoms with Crippen LogP contribution in [-0.4, -0.2) is 56.9 Å². The Morgan fingerprint density at radius 1 is 1.24 bits per heavy atom. The van der Waals surface area contributed by atoms with Gasteiger partial charge in [-0.15, -0.1) is 0 Å². The molecule has 2 aromatic rings. The number of fused-ring (bicyclic) bond motifs is 1. The number of allylic oxidation sites excluding steroid dienone is 1. The summed E-state index contributed by atoms with van der Waals surface area (Å²) in [6.45, 7) is 6.09. The third-order valence-corrected chi connectivity index (χ3v) is 4.51. The number of carbonyl (C=O) groups is 1. The Balaban J connectivity index is 1.80. The van der Waals surface area contributed by atoms with E-state index in [2.05, 4.69) is 20.4 Å². The lowest BCUT2D eigenvalue weighted by molar-refractivity contribution is -0.131. The molecule has 0 spiro atoms. The molecular formula is C17H20N6O2. The van der Waals surface area contributed by atoms with E-state index >= 15 is 0 Å². The molecule has 25 heavy (non-hydrogen) atoms. The number of aryl methyl sites for hydroxylation is 1. The van der Waals surface area contributed by atoms with Gasteiger partial charge in [-0.3, -0.25) is 9.78 Å². The first-order valence-corrected chi connectivity index (χ1v) is 8.33. The molecule has 0 aliphatic carbocycles. The fraction of sp³-hybridized carbons (Fsp3) is 0.412. The summed E-state index contributed by atoms with van der Waals surface area (Å²) in [7, 11) is 0. The van der Waals surface area contributed by atoms with Crippen LogP contribution in [0.1, 0.15) is 24.4 Å². The van der Waals surface area contributed by atoms with Gasteiger partial charge in [-0.05, 0) is 31.5 Å². The third kappa shape index (κ3) is 2.78. The van der Waals surface area contributed by atoms with Crippen molar-refractivity contribution in [1.82, 2.24) is 24.6 Å². The second-order valence-corrected chi connectivity index (χ2v) is 6.18. The molecule has 2 aliphatic rings. The molecule has 1 atom stereocenters. The first kappa shape index (κ1) is 15.8. The van der Waals surface area contributed by atoms with E-state index in [1.54, 1.807) is 17.1 Å². The Kier molecular flexibility index (Phi) is 3.96. The maximum Gasteiger partial charge on any atom is 0.254 e. The summed E-state index contributed by atoms with van der Waals surface area (Å²) in [5, 5.41) is 7.74. The van der Waals surface area contributed by atoms with Crippen LogP contribution < -0.4 is 5.32 Å². The molecule has 8 nitrogen and oxygen atoms in total. The predicted molar refractivity (Wildman–Crippen MR) is 90.9 cm³/mol. The van der Waals surface area contributed by atoms with Gasteiger partial charge in [0.1, 0.15) is 11.9 Å². The van der Waals surface area contributed by atoms with Gasteiger partial charge in [0.05, 0.1) is 18.8 Å². The molecule has 4 rings (SSSR count). The number of ether oxygens (including phenoxy) is 1. The molecule has 1 amide bonds. The second kappa shape index (κ2) is 6.29. The summed E-state index contributed by atoms with van der Waals surface area (Å²) in [6.07, 6.45) is 3.46. The highest BCUT2D eigenvalue weighted by Crippen LogP contribution is 2.35. The van der Waals surface area contributed by atoms with E-state index in [0.717, 1.165) is 11.3 Å². The van der Waals surface area contributed by atoms with Gasteiger partial charge in [-0.25, -0.2) is 4.68 Å². The maximum absolute atomic E-state index is 13.3. The molecule has 4 heterocycles. The number of anilines is 1. The van der Waals surface area contributed by atoms with Crippen molar-refractivity contribution in [3.05, 3.63) is 47.2 Å². The van der Waals surface area contributed by atoms with Crippen molar-refractivity contribution in [2.45, 2.75) is 19.9 Å². The summed E-state index contributed by atoms with van der Waals surface area (Å²) in [4.78, 5) is 23.6. The number of rotatable bonds is 2. The molecule has 0 bridgehead atoms. The topological polar surface area (TPSA) is 85.2 Å². The number of pyridine rings is 1. The minimum Gasteiger partial charge on any atom is -0.378 e. The normalized spacial score (nSPS) is 20.2. The largest absolute Gasteiger partial charge is 0.378 e. The number of nitrogens with one attached hydrogen (secondary N) is 1. The van der Waals surface area contributed by atoms with Crippen LogP contribution in [-0.2, 0) is 9.53 Å². The standard InChI is InChI=1S/C17H20N6O2/c1-11-14(16(24)22-7-9-25-10-8-22)15(13-3-5-18-6-4-13)23-17(19-11)20-12(2)21-23/h3-6,15H,7-10H2,1-2H3,(H,19,20,21). The number of amides is 1. The van der Waals surface area contributed by atoms with E-state index < -0.39 is 0 Å². The predicted octanol–water partition coefficient (Wildman–Crippen LogP) is 1.13. The molecule has 1 N–H and O–H groups in total. The fourth-order valence-electron chi connectivity index (χ4n) is 3.33. The highest BCUT2D eigenvalue weighted by molar-refractivity contribution is 5.96. The lowest BCUT2D eigenvalue weighted by Gasteiger charge is -2.33. The molecule has 1 fully saturated rings. The van der Waals surface area contributed by atoms with E-state index in [1.165, 1.54) is 0 Å². The molecule has 130 valence electrons. The number of carbonyl (C=O) groups excluding carboxylic acids is 1. The first-order valence-electron chi connectivity index (χ1n) is 8.33. The van der Waals surface area contributed by atoms with Gasteiger partial charge < -0.3 is 15.0 Å². The SMILES string of the molecule is CC1=C(C(=O)N2CCOCC2)C(c2ccncc2)n2nc(C)nc2N1. The summed E-state index contributed by atoms with van der Waals surface area (Å²) in [5.41, 5.74) is 2.45. The van der Waals surface area contributed by atoms with Crippen molar-refractivity contribution in [3.63, 3.8) is 0 Å². The Labute approximate surface area is 145 Å².